The first-order valence-electron chi connectivity index (χ1n) is 38.9. The molecule has 4 aliphatic heterocycles. The fraction of sp³-hybridized carbons (Fsp3) is 0.627. The zero-order valence-electron chi connectivity index (χ0n) is 66.1. The van der Waals surface area contributed by atoms with Crippen molar-refractivity contribution in [2.75, 3.05) is 113 Å². The number of benzene rings is 3. The zero-order chi connectivity index (χ0) is 78.3. The van der Waals surface area contributed by atoms with E-state index in [2.05, 4.69) is 40.7 Å². The number of ether oxygens (including phenoxy) is 9. The van der Waals surface area contributed by atoms with E-state index in [1.54, 1.807) is 69.9 Å². The SMILES string of the molecule is CC.COc1cc2cc(c1Cl)N(C)C(=O)C[C@](C)(OC(=O)[C@H](C)N(C)C(=O)C1CCC(CCCCC(=O)N(C)CCOCCOCCOCCOCCC(=O)N(C)CCCCCC(=O)C3Cc4ccccc4C4=C(NNN4)c4ccccc43)CC1)[C@]1(C)O[C@H]1[C@H](C)[C@@H]1C[C@@](O)(CC(=O)O1)[C@H](OC)/C=C/C=C(\C)C2. The lowest BCUT2D eigenvalue weighted by molar-refractivity contribution is -0.187. The van der Waals surface area contributed by atoms with E-state index in [9.17, 15) is 38.7 Å². The number of carbonyl (C=O) groups excluding carboxylic acids is 7. The van der Waals surface area contributed by atoms with Crippen molar-refractivity contribution in [1.29, 1.82) is 0 Å². The minimum atomic E-state index is -1.65. The van der Waals surface area contributed by atoms with Gasteiger partial charge in [-0.3, -0.25) is 28.8 Å². The highest BCUT2D eigenvalue weighted by Crippen LogP contribution is 2.55. The van der Waals surface area contributed by atoms with Crippen LogP contribution in [0.4, 0.5) is 5.69 Å². The van der Waals surface area contributed by atoms with Gasteiger partial charge in [0.1, 0.15) is 51.6 Å². The summed E-state index contributed by atoms with van der Waals surface area (Å²) >= 11 is 6.92. The predicted molar refractivity (Wildman–Crippen MR) is 414 cm³/mol. The van der Waals surface area contributed by atoms with E-state index < -0.39 is 64.9 Å². The van der Waals surface area contributed by atoms with E-state index >= 15 is 0 Å². The molecule has 6 aliphatic rings. The van der Waals surface area contributed by atoms with E-state index in [1.807, 2.05) is 71.2 Å². The van der Waals surface area contributed by atoms with Gasteiger partial charge in [0.2, 0.25) is 23.6 Å². The Hall–Kier alpha value is -7.26. The molecule has 3 aromatic rings. The quantitative estimate of drug-likeness (QED) is 0.0251. The smallest absolute Gasteiger partial charge is 0.329 e. The summed E-state index contributed by atoms with van der Waals surface area (Å²) in [7, 11) is 9.76. The molecule has 4 amide bonds. The molecule has 4 heterocycles. The highest BCUT2D eigenvalue weighted by Gasteiger charge is 2.70. The molecule has 4 N–H and O–H groups in total. The topological polar surface area (TPSA) is 275 Å². The first kappa shape index (κ1) is 86.3. The van der Waals surface area contributed by atoms with Gasteiger partial charge in [-0.15, -0.1) is 5.53 Å². The second kappa shape index (κ2) is 41.1. The van der Waals surface area contributed by atoms with Gasteiger partial charge in [0.15, 0.2) is 0 Å². The second-order valence-electron chi connectivity index (χ2n) is 30.0. The number of esters is 2. The van der Waals surface area contributed by atoms with Crippen LogP contribution < -0.4 is 26.0 Å². The van der Waals surface area contributed by atoms with Crippen molar-refractivity contribution < 1.29 is 81.3 Å². The van der Waals surface area contributed by atoms with E-state index in [4.69, 9.17) is 54.2 Å². The van der Waals surface area contributed by atoms with Crippen molar-refractivity contribution in [3.05, 3.63) is 117 Å². The van der Waals surface area contributed by atoms with Crippen molar-refractivity contribution in [3.8, 4) is 5.75 Å². The number of likely N-dealkylation sites (N-methyl/N-ethyl adjacent to an activating group) is 2. The number of halogens is 1. The van der Waals surface area contributed by atoms with Crippen molar-refractivity contribution in [2.24, 2.45) is 17.8 Å². The number of fused-ring (bicyclic) bond motifs is 9. The fourth-order valence-corrected chi connectivity index (χ4v) is 15.7. The number of nitrogens with one attached hydrogen (secondary N) is 3. The van der Waals surface area contributed by atoms with Gasteiger partial charge in [-0.2, -0.15) is 0 Å². The molecule has 9 rings (SSSR count). The number of hydrazine groups is 2. The maximum absolute atomic E-state index is 14.7. The minimum Gasteiger partial charge on any atom is -0.495 e. The molecule has 2 aliphatic carbocycles. The molecule has 9 atom stereocenters. The van der Waals surface area contributed by atoms with Crippen molar-refractivity contribution in [3.63, 3.8) is 0 Å². The van der Waals surface area contributed by atoms with Crippen LogP contribution >= 0.6 is 11.6 Å². The van der Waals surface area contributed by atoms with Gasteiger partial charge in [-0.1, -0.05) is 124 Å². The Morgan fingerprint density at radius 3 is 2.06 bits per heavy atom. The number of aliphatic hydroxyl groups is 1. The van der Waals surface area contributed by atoms with E-state index in [1.165, 1.54) is 24.0 Å². The van der Waals surface area contributed by atoms with Gasteiger partial charge in [0, 0.05) is 96.5 Å². The number of hydrogen-bond donors (Lipinski definition) is 4. The lowest BCUT2D eigenvalue weighted by Gasteiger charge is -2.42. The number of rotatable bonds is 33. The third kappa shape index (κ3) is 22.5. The van der Waals surface area contributed by atoms with Crippen LogP contribution in [-0.4, -0.2) is 211 Å². The molecule has 0 aromatic heterocycles. The number of Topliss-reactive ketones (excluding diaryl/α,β-unsaturated/α-hetero) is 1. The summed E-state index contributed by atoms with van der Waals surface area (Å²) in [4.78, 5) is 103. The molecule has 24 nitrogen and oxygen atoms in total. The highest BCUT2D eigenvalue weighted by atomic mass is 35.5. The number of unbranched alkanes of at least 4 members (excludes halogenated alkanes) is 3. The third-order valence-corrected chi connectivity index (χ3v) is 22.9. The maximum atomic E-state index is 14.7. The van der Waals surface area contributed by atoms with Crippen molar-refractivity contribution in [1.82, 2.24) is 31.1 Å². The van der Waals surface area contributed by atoms with Crippen LogP contribution in [0.25, 0.3) is 11.4 Å². The maximum Gasteiger partial charge on any atom is 0.329 e. The monoisotopic (exact) mass is 1520 g/mol. The van der Waals surface area contributed by atoms with Crippen LogP contribution in [0.1, 0.15) is 185 Å². The van der Waals surface area contributed by atoms with Gasteiger partial charge < -0.3 is 78.2 Å². The summed E-state index contributed by atoms with van der Waals surface area (Å²) in [6.45, 7) is 16.9. The van der Waals surface area contributed by atoms with Gasteiger partial charge in [-0.25, -0.2) is 4.79 Å². The first-order valence-corrected chi connectivity index (χ1v) is 39.3. The zero-order valence-corrected chi connectivity index (χ0v) is 66.8. The average molecular weight is 1520 g/mol. The normalized spacial score (nSPS) is 25.7. The van der Waals surface area contributed by atoms with Gasteiger partial charge in [0.25, 0.3) is 0 Å². The molecule has 0 radical (unpaired) electrons. The number of anilines is 1. The van der Waals surface area contributed by atoms with Crippen molar-refractivity contribution in [2.45, 2.75) is 211 Å². The van der Waals surface area contributed by atoms with Gasteiger partial charge in [-0.05, 0) is 120 Å². The molecule has 1 unspecified atom stereocenters. The summed E-state index contributed by atoms with van der Waals surface area (Å²) in [6.07, 6.45) is 12.6. The Kier molecular flexibility index (Phi) is 32.9. The molecule has 0 spiro atoms. The Labute approximate surface area is 644 Å². The molecule has 596 valence electrons. The Morgan fingerprint density at radius 1 is 0.759 bits per heavy atom. The summed E-state index contributed by atoms with van der Waals surface area (Å²) in [5.41, 5.74) is 13.3. The van der Waals surface area contributed by atoms with Crippen LogP contribution in [0, 0.1) is 17.8 Å². The average Bonchev–Trinajstić information content (AvgIpc) is 1.55. The molecule has 4 bridgehead atoms. The largest absolute Gasteiger partial charge is 0.495 e. The second-order valence-corrected chi connectivity index (χ2v) is 30.4. The van der Waals surface area contributed by atoms with E-state index in [-0.39, 0.29) is 66.0 Å². The number of epoxide rings is 1. The van der Waals surface area contributed by atoms with Gasteiger partial charge >= 0.3 is 11.9 Å². The molecule has 1 saturated carbocycles. The van der Waals surface area contributed by atoms with Crippen LogP contribution in [0.5, 0.6) is 5.75 Å². The number of carbonyl (C=O) groups is 7. The lowest BCUT2D eigenvalue weighted by Crippen LogP contribution is -2.55. The van der Waals surface area contributed by atoms with Crippen LogP contribution in [0.15, 0.2) is 84.5 Å². The molecular weight excluding hydrogens is 1400 g/mol. The summed E-state index contributed by atoms with van der Waals surface area (Å²) < 4.78 is 53.1. The molecule has 2 saturated heterocycles. The van der Waals surface area contributed by atoms with Gasteiger partial charge in [0.05, 0.1) is 102 Å². The van der Waals surface area contributed by atoms with E-state index in [0.717, 1.165) is 96.2 Å². The minimum absolute atomic E-state index is 0.0149. The lowest BCUT2D eigenvalue weighted by atomic mass is 9.76. The van der Waals surface area contributed by atoms with Crippen LogP contribution in [0.3, 0.4) is 0 Å². The summed E-state index contributed by atoms with van der Waals surface area (Å²) in [6, 6.07) is 19.0. The summed E-state index contributed by atoms with van der Waals surface area (Å²) in [5.74, 6) is -1.97. The van der Waals surface area contributed by atoms with E-state index in [0.29, 0.717) is 122 Å². The Balaban J connectivity index is 0.00000728. The standard InChI is InChI=1S/C81H114ClN7O17.C2H6/c1-53-22-21-29-68(99-11)81(97)50-67(104-72(94)52-81)54(2)76-80(5,105-76)79(4,51-71(93)89(9)64-47-57(46-53)48-66(98-10)73(64)82)106-78(96)55(3)88(8)77(95)58-33-31-56(32-34-58)23-14-19-30-69(91)87(7)37-39-101-41-43-103-45-44-102-42-40-100-38-35-70(92)86(6)36-20-12-13-28-65(90)63-49-59-24-15-16-25-60(59)74-75(84-85-83-74)62-27-18-17-26-61(62)63;1-2/h15-18,21-22,24-27,29,47-48,54-56,58,63,67-68,76,83-85,97H,12-14,19-20,23,28,30-46,49-52H2,1-11H3;1-2H3/b29-21+,53-22+;/t54-,55+,56?,58?,63?,67+,68-,76+,79+,80-,81-;/m1./s1. The third-order valence-electron chi connectivity index (χ3n) is 22.5. The first-order chi connectivity index (χ1) is 51.8. The number of methoxy groups -OCH3 is 2. The number of ketones is 1. The summed E-state index contributed by atoms with van der Waals surface area (Å²) in [5, 5.41) is 12.3. The van der Waals surface area contributed by atoms with Crippen molar-refractivity contribution >= 4 is 70.0 Å². The molecular formula is C83H120ClN7O17. The predicted octanol–water partition coefficient (Wildman–Crippen LogP) is 10.8. The number of hydrogen-bond acceptors (Lipinski definition) is 20. The van der Waals surface area contributed by atoms with Crippen LogP contribution in [0.2, 0.25) is 5.02 Å². The number of nitrogens with zero attached hydrogens (tertiary/aromatic N) is 4. The highest BCUT2D eigenvalue weighted by molar-refractivity contribution is 6.35. The number of amides is 4. The molecule has 25 heteroatoms. The Morgan fingerprint density at radius 2 is 1.38 bits per heavy atom. The molecule has 108 heavy (non-hydrogen) atoms. The molecule has 3 aromatic carbocycles. The fourth-order valence-electron chi connectivity index (χ4n) is 15.4. The van der Waals surface area contributed by atoms with Crippen LogP contribution in [-0.2, 0) is 84.3 Å². The Bertz CT molecular complexity index is 3640. The number of allylic oxidation sites excluding steroid dienone is 3. The molecule has 3 fully saturated rings.